The van der Waals surface area contributed by atoms with Crippen molar-refractivity contribution in [2.45, 2.75) is 58.8 Å². The standard InChI is InChI=1S/C19H30BNO3/c1-14(2)22-17-11-9-8-10-15(17)12-16(13-21-7)20-23-18(3,4)19(5,6)24-20/h8-12,14,21H,13H2,1-7H3. The topological polar surface area (TPSA) is 39.7 Å². The predicted octanol–water partition coefficient (Wildman–Crippen LogP) is 3.71. The van der Waals surface area contributed by atoms with Crippen molar-refractivity contribution >= 4 is 13.2 Å². The highest BCUT2D eigenvalue weighted by Crippen LogP contribution is 2.39. The third-order valence-electron chi connectivity index (χ3n) is 4.56. The average molecular weight is 331 g/mol. The zero-order valence-electron chi connectivity index (χ0n) is 16.0. The van der Waals surface area contributed by atoms with Gasteiger partial charge in [0.2, 0.25) is 0 Å². The van der Waals surface area contributed by atoms with Gasteiger partial charge in [-0.1, -0.05) is 24.3 Å². The summed E-state index contributed by atoms with van der Waals surface area (Å²) < 4.78 is 18.3. The van der Waals surface area contributed by atoms with Crippen LogP contribution in [0.4, 0.5) is 0 Å². The second-order valence-corrected chi connectivity index (χ2v) is 7.54. The van der Waals surface area contributed by atoms with Crippen LogP contribution in [-0.2, 0) is 9.31 Å². The highest BCUT2D eigenvalue weighted by Gasteiger charge is 2.52. The fourth-order valence-electron chi connectivity index (χ4n) is 2.56. The van der Waals surface area contributed by atoms with E-state index in [0.717, 1.165) is 16.8 Å². The summed E-state index contributed by atoms with van der Waals surface area (Å²) >= 11 is 0. The molecule has 1 saturated heterocycles. The maximum atomic E-state index is 6.20. The van der Waals surface area contributed by atoms with Crippen LogP contribution in [0.3, 0.4) is 0 Å². The summed E-state index contributed by atoms with van der Waals surface area (Å²) in [6.07, 6.45) is 2.24. The van der Waals surface area contributed by atoms with Crippen LogP contribution in [0.1, 0.15) is 47.1 Å². The Labute approximate surface area is 146 Å². The lowest BCUT2D eigenvalue weighted by Crippen LogP contribution is -2.41. The summed E-state index contributed by atoms with van der Waals surface area (Å²) in [7, 11) is 1.56. The van der Waals surface area contributed by atoms with Gasteiger partial charge in [0.05, 0.1) is 17.3 Å². The van der Waals surface area contributed by atoms with Crippen LogP contribution in [-0.4, -0.2) is 38.0 Å². The Hall–Kier alpha value is -1.30. The van der Waals surface area contributed by atoms with E-state index in [0.29, 0.717) is 6.54 Å². The molecule has 1 aromatic carbocycles. The first-order valence-corrected chi connectivity index (χ1v) is 8.62. The molecule has 1 aromatic rings. The van der Waals surface area contributed by atoms with Crippen LogP contribution in [0.2, 0.25) is 0 Å². The molecule has 1 aliphatic heterocycles. The number of hydrogen-bond acceptors (Lipinski definition) is 4. The summed E-state index contributed by atoms with van der Waals surface area (Å²) in [5, 5.41) is 3.21. The van der Waals surface area contributed by atoms with Gasteiger partial charge in [-0.2, -0.15) is 0 Å². The van der Waals surface area contributed by atoms with E-state index in [9.17, 15) is 0 Å². The van der Waals surface area contributed by atoms with Gasteiger partial charge < -0.3 is 19.4 Å². The van der Waals surface area contributed by atoms with Crippen LogP contribution < -0.4 is 10.1 Å². The van der Waals surface area contributed by atoms with E-state index in [-0.39, 0.29) is 24.4 Å². The van der Waals surface area contributed by atoms with Crippen molar-refractivity contribution in [2.24, 2.45) is 0 Å². The molecule has 1 aliphatic rings. The van der Waals surface area contributed by atoms with Crippen molar-refractivity contribution in [3.05, 3.63) is 35.3 Å². The summed E-state index contributed by atoms with van der Waals surface area (Å²) in [4.78, 5) is 0. The second kappa shape index (κ2) is 7.30. The van der Waals surface area contributed by atoms with Crippen molar-refractivity contribution in [1.82, 2.24) is 5.32 Å². The number of benzene rings is 1. The molecule has 0 saturated carbocycles. The van der Waals surface area contributed by atoms with E-state index < -0.39 is 0 Å². The minimum atomic E-state index is -0.366. The normalized spacial score (nSPS) is 19.8. The number of likely N-dealkylation sites (N-methyl/N-ethyl adjacent to an activating group) is 1. The average Bonchev–Trinajstić information content (AvgIpc) is 2.68. The van der Waals surface area contributed by atoms with Gasteiger partial charge in [0.15, 0.2) is 0 Å². The molecule has 0 spiro atoms. The molecule has 1 heterocycles. The van der Waals surface area contributed by atoms with Crippen molar-refractivity contribution in [2.75, 3.05) is 13.6 Å². The van der Waals surface area contributed by atoms with Crippen LogP contribution in [0.15, 0.2) is 29.7 Å². The van der Waals surface area contributed by atoms with Gasteiger partial charge in [-0.05, 0) is 60.1 Å². The Morgan fingerprint density at radius 3 is 2.29 bits per heavy atom. The van der Waals surface area contributed by atoms with E-state index in [1.165, 1.54) is 0 Å². The minimum absolute atomic E-state index is 0.129. The predicted molar refractivity (Wildman–Crippen MR) is 100 cm³/mol. The van der Waals surface area contributed by atoms with Gasteiger partial charge in [-0.25, -0.2) is 0 Å². The molecule has 0 atom stereocenters. The molecule has 2 rings (SSSR count). The van der Waals surface area contributed by atoms with E-state index in [2.05, 4.69) is 45.2 Å². The third-order valence-corrected chi connectivity index (χ3v) is 4.56. The van der Waals surface area contributed by atoms with Crippen molar-refractivity contribution in [3.63, 3.8) is 0 Å². The van der Waals surface area contributed by atoms with Gasteiger partial charge in [0.1, 0.15) is 5.75 Å². The fraction of sp³-hybridized carbons (Fsp3) is 0.579. The monoisotopic (exact) mass is 331 g/mol. The van der Waals surface area contributed by atoms with Crippen LogP contribution in [0.5, 0.6) is 5.75 Å². The van der Waals surface area contributed by atoms with Crippen LogP contribution >= 0.6 is 0 Å². The van der Waals surface area contributed by atoms with E-state index >= 15 is 0 Å². The minimum Gasteiger partial charge on any atom is -0.490 e. The van der Waals surface area contributed by atoms with E-state index in [4.69, 9.17) is 14.0 Å². The molecular formula is C19H30BNO3. The third kappa shape index (κ3) is 4.21. The SMILES string of the molecule is CNCC(=Cc1ccccc1OC(C)C)B1OC(C)(C)C(C)(C)O1. The molecule has 4 nitrogen and oxygen atoms in total. The quantitative estimate of drug-likeness (QED) is 0.807. The van der Waals surface area contributed by atoms with Gasteiger partial charge in [0, 0.05) is 12.1 Å². The maximum Gasteiger partial charge on any atom is 0.491 e. The van der Waals surface area contributed by atoms with Gasteiger partial charge in [-0.3, -0.25) is 0 Å². The molecule has 0 aromatic heterocycles. The van der Waals surface area contributed by atoms with Crippen molar-refractivity contribution in [3.8, 4) is 5.75 Å². The largest absolute Gasteiger partial charge is 0.491 e. The molecule has 0 radical (unpaired) electrons. The molecule has 0 bridgehead atoms. The number of para-hydroxylation sites is 1. The highest BCUT2D eigenvalue weighted by atomic mass is 16.7. The number of hydrogen-bond donors (Lipinski definition) is 1. The molecular weight excluding hydrogens is 301 g/mol. The fourth-order valence-corrected chi connectivity index (χ4v) is 2.56. The Balaban J connectivity index is 2.34. The zero-order chi connectivity index (χ0) is 18.0. The Bertz CT molecular complexity index is 580. The highest BCUT2D eigenvalue weighted by molar-refractivity contribution is 6.56. The second-order valence-electron chi connectivity index (χ2n) is 7.54. The van der Waals surface area contributed by atoms with Gasteiger partial charge >= 0.3 is 7.12 Å². The molecule has 0 aliphatic carbocycles. The van der Waals surface area contributed by atoms with Crippen molar-refractivity contribution < 1.29 is 14.0 Å². The van der Waals surface area contributed by atoms with Crippen molar-refractivity contribution in [1.29, 1.82) is 0 Å². The molecule has 0 unspecified atom stereocenters. The lowest BCUT2D eigenvalue weighted by atomic mass is 9.77. The Kier molecular flexibility index (Phi) is 5.79. The van der Waals surface area contributed by atoms with Crippen LogP contribution in [0.25, 0.3) is 6.08 Å². The summed E-state index contributed by atoms with van der Waals surface area (Å²) in [6, 6.07) is 8.05. The molecule has 1 N–H and O–H groups in total. The molecule has 132 valence electrons. The van der Waals surface area contributed by atoms with E-state index in [1.54, 1.807) is 0 Å². The number of ether oxygens (including phenoxy) is 1. The lowest BCUT2D eigenvalue weighted by molar-refractivity contribution is 0.00578. The van der Waals surface area contributed by atoms with E-state index in [1.807, 2.05) is 39.1 Å². The summed E-state index contributed by atoms with van der Waals surface area (Å²) in [5.41, 5.74) is 1.39. The Morgan fingerprint density at radius 1 is 1.17 bits per heavy atom. The van der Waals surface area contributed by atoms with Gasteiger partial charge in [0.25, 0.3) is 0 Å². The molecule has 1 fully saturated rings. The van der Waals surface area contributed by atoms with Crippen LogP contribution in [0, 0.1) is 0 Å². The lowest BCUT2D eigenvalue weighted by Gasteiger charge is -2.32. The first-order chi connectivity index (χ1) is 11.2. The summed E-state index contributed by atoms with van der Waals surface area (Å²) in [6.45, 7) is 13.0. The number of rotatable bonds is 6. The zero-order valence-corrected chi connectivity index (χ0v) is 16.0. The summed E-state index contributed by atoms with van der Waals surface area (Å²) in [5.74, 6) is 0.873. The molecule has 5 heteroatoms. The molecule has 24 heavy (non-hydrogen) atoms. The molecule has 0 amide bonds. The maximum absolute atomic E-state index is 6.20. The number of nitrogens with one attached hydrogen (secondary N) is 1. The Morgan fingerprint density at radius 2 is 1.75 bits per heavy atom. The van der Waals surface area contributed by atoms with Gasteiger partial charge in [-0.15, -0.1) is 0 Å². The first-order valence-electron chi connectivity index (χ1n) is 8.62. The smallest absolute Gasteiger partial charge is 0.490 e. The first kappa shape index (κ1) is 19.0.